The maximum absolute atomic E-state index is 13.5. The number of halogens is 6. The molecule has 0 spiro atoms. The number of nitrogens with zero attached hydrogens (tertiary/aromatic N) is 4. The van der Waals surface area contributed by atoms with Gasteiger partial charge in [0.15, 0.2) is 17.5 Å². The molecule has 4 aromatic rings. The Morgan fingerprint density at radius 1 is 0.938 bits per heavy atom. The van der Waals surface area contributed by atoms with Gasteiger partial charge in [-0.05, 0) is 29.8 Å². The van der Waals surface area contributed by atoms with Crippen LogP contribution in [0.3, 0.4) is 0 Å². The van der Waals surface area contributed by atoms with Crippen molar-refractivity contribution in [3.05, 3.63) is 87.8 Å². The molecule has 0 N–H and O–H groups in total. The molecule has 2 aromatic carbocycles. The van der Waals surface area contributed by atoms with E-state index in [4.69, 9.17) is 0 Å². The van der Waals surface area contributed by atoms with E-state index in [0.29, 0.717) is 5.56 Å². The number of hydrogen-bond donors (Lipinski definition) is 0. The van der Waals surface area contributed by atoms with Crippen LogP contribution in [0.15, 0.2) is 57.8 Å². The summed E-state index contributed by atoms with van der Waals surface area (Å²) in [5.74, 6) is -6.25. The van der Waals surface area contributed by atoms with Crippen molar-refractivity contribution in [2.45, 2.75) is 12.7 Å². The first kappa shape index (κ1) is 21.3. The third-order valence-electron chi connectivity index (χ3n) is 4.33. The molecule has 164 valence electrons. The van der Waals surface area contributed by atoms with E-state index < -0.39 is 35.1 Å². The smallest absolute Gasteiger partial charge is 0.329 e. The second-order valence-electron chi connectivity index (χ2n) is 6.59. The number of aromatic nitrogens is 4. The summed E-state index contributed by atoms with van der Waals surface area (Å²) in [6.07, 6.45) is -4.79. The third kappa shape index (κ3) is 4.24. The van der Waals surface area contributed by atoms with Gasteiger partial charge in [0.2, 0.25) is 5.82 Å². The number of hydrogen-bond acceptors (Lipinski definition) is 5. The first-order valence-corrected chi connectivity index (χ1v) is 8.85. The molecule has 12 heteroatoms. The van der Waals surface area contributed by atoms with E-state index in [0.717, 1.165) is 22.9 Å². The fourth-order valence-corrected chi connectivity index (χ4v) is 2.86. The molecule has 0 aliphatic carbocycles. The largest absolute Gasteiger partial charge is 0.471 e. The van der Waals surface area contributed by atoms with Crippen LogP contribution in [0, 0.1) is 17.5 Å². The molecule has 0 saturated heterocycles. The Hall–Kier alpha value is -3.96. The van der Waals surface area contributed by atoms with Gasteiger partial charge in [-0.1, -0.05) is 23.4 Å². The second-order valence-corrected chi connectivity index (χ2v) is 6.59. The van der Waals surface area contributed by atoms with E-state index >= 15 is 0 Å². The summed E-state index contributed by atoms with van der Waals surface area (Å²) in [5, 5.41) is 7.34. The van der Waals surface area contributed by atoms with Crippen molar-refractivity contribution < 1.29 is 30.9 Å². The molecule has 2 heterocycles. The minimum Gasteiger partial charge on any atom is -0.329 e. The predicted octanol–water partition coefficient (Wildman–Crippen LogP) is 4.44. The maximum Gasteiger partial charge on any atom is 0.471 e. The lowest BCUT2D eigenvalue weighted by atomic mass is 10.1. The van der Waals surface area contributed by atoms with Crippen molar-refractivity contribution in [2.24, 2.45) is 0 Å². The van der Waals surface area contributed by atoms with Gasteiger partial charge in [-0.15, -0.1) is 0 Å². The Kier molecular flexibility index (Phi) is 5.28. The summed E-state index contributed by atoms with van der Waals surface area (Å²) in [5.41, 5.74) is 0.0146. The average molecular weight is 452 g/mol. The second kappa shape index (κ2) is 7.94. The number of benzene rings is 2. The van der Waals surface area contributed by atoms with Gasteiger partial charge in [0, 0.05) is 17.2 Å². The van der Waals surface area contributed by atoms with Gasteiger partial charge in [-0.25, -0.2) is 17.9 Å². The van der Waals surface area contributed by atoms with Crippen molar-refractivity contribution >= 4 is 0 Å². The molecule has 0 aliphatic heterocycles. The Bertz CT molecular complexity index is 1340. The van der Waals surface area contributed by atoms with E-state index in [2.05, 4.69) is 19.8 Å². The van der Waals surface area contributed by atoms with Crippen LogP contribution in [0.2, 0.25) is 0 Å². The molecule has 0 bridgehead atoms. The van der Waals surface area contributed by atoms with Crippen molar-refractivity contribution in [1.82, 2.24) is 19.9 Å². The van der Waals surface area contributed by atoms with Crippen LogP contribution in [0.4, 0.5) is 26.3 Å². The number of rotatable bonds is 4. The lowest BCUT2D eigenvalue weighted by Crippen LogP contribution is -2.22. The zero-order valence-corrected chi connectivity index (χ0v) is 15.7. The van der Waals surface area contributed by atoms with Gasteiger partial charge < -0.3 is 4.52 Å². The SMILES string of the molecule is O=c1ccc(-c2cc(F)c(F)c(F)c2)nn1Cc1cccc(-c2noc(C(F)(F)F)n2)c1. The maximum atomic E-state index is 13.5. The van der Waals surface area contributed by atoms with Gasteiger partial charge in [0.25, 0.3) is 5.56 Å². The third-order valence-corrected chi connectivity index (χ3v) is 4.33. The molecule has 0 saturated carbocycles. The van der Waals surface area contributed by atoms with Gasteiger partial charge in [0.1, 0.15) is 0 Å². The topological polar surface area (TPSA) is 73.8 Å². The summed E-state index contributed by atoms with van der Waals surface area (Å²) in [7, 11) is 0. The van der Waals surface area contributed by atoms with Crippen LogP contribution in [0.25, 0.3) is 22.6 Å². The molecule has 0 atom stereocenters. The lowest BCUT2D eigenvalue weighted by molar-refractivity contribution is -0.159. The lowest BCUT2D eigenvalue weighted by Gasteiger charge is -2.09. The fraction of sp³-hybridized carbons (Fsp3) is 0.100. The summed E-state index contributed by atoms with van der Waals surface area (Å²) in [6, 6.07) is 9.78. The zero-order valence-electron chi connectivity index (χ0n) is 15.7. The molecular formula is C20H10F6N4O2. The summed E-state index contributed by atoms with van der Waals surface area (Å²) < 4.78 is 83.5. The molecule has 0 unspecified atom stereocenters. The molecule has 4 rings (SSSR count). The highest BCUT2D eigenvalue weighted by Gasteiger charge is 2.38. The fourth-order valence-electron chi connectivity index (χ4n) is 2.86. The Morgan fingerprint density at radius 3 is 2.31 bits per heavy atom. The van der Waals surface area contributed by atoms with Gasteiger partial charge in [0.05, 0.1) is 12.2 Å². The molecule has 6 nitrogen and oxygen atoms in total. The van der Waals surface area contributed by atoms with Crippen molar-refractivity contribution in [2.75, 3.05) is 0 Å². The monoisotopic (exact) mass is 452 g/mol. The van der Waals surface area contributed by atoms with E-state index in [1.165, 1.54) is 24.3 Å². The highest BCUT2D eigenvalue weighted by atomic mass is 19.4. The van der Waals surface area contributed by atoms with E-state index in [1.54, 1.807) is 6.07 Å². The Labute approximate surface area is 174 Å². The van der Waals surface area contributed by atoms with Crippen molar-refractivity contribution in [1.29, 1.82) is 0 Å². The summed E-state index contributed by atoms with van der Waals surface area (Å²) in [4.78, 5) is 15.5. The van der Waals surface area contributed by atoms with E-state index in [1.807, 2.05) is 0 Å². The first-order valence-electron chi connectivity index (χ1n) is 8.85. The Balaban J connectivity index is 1.65. The van der Waals surface area contributed by atoms with Crippen LogP contribution in [-0.2, 0) is 12.7 Å². The summed E-state index contributed by atoms with van der Waals surface area (Å²) >= 11 is 0. The normalized spacial score (nSPS) is 11.7. The van der Waals surface area contributed by atoms with Gasteiger partial charge in [-0.2, -0.15) is 23.3 Å². The number of alkyl halides is 3. The predicted molar refractivity (Wildman–Crippen MR) is 97.6 cm³/mol. The van der Waals surface area contributed by atoms with Crippen LogP contribution < -0.4 is 5.56 Å². The zero-order chi connectivity index (χ0) is 23.0. The highest BCUT2D eigenvalue weighted by molar-refractivity contribution is 5.58. The summed E-state index contributed by atoms with van der Waals surface area (Å²) in [6.45, 7) is -0.128. The molecule has 0 amide bonds. The van der Waals surface area contributed by atoms with Crippen molar-refractivity contribution in [3.8, 4) is 22.6 Å². The Morgan fingerprint density at radius 2 is 1.66 bits per heavy atom. The van der Waals surface area contributed by atoms with Crippen LogP contribution in [-0.4, -0.2) is 19.9 Å². The van der Waals surface area contributed by atoms with Crippen LogP contribution in [0.1, 0.15) is 11.5 Å². The minimum absolute atomic E-state index is 0.00606. The molecule has 2 aromatic heterocycles. The van der Waals surface area contributed by atoms with E-state index in [-0.39, 0.29) is 29.2 Å². The quantitative estimate of drug-likeness (QED) is 0.338. The van der Waals surface area contributed by atoms with Crippen molar-refractivity contribution in [3.63, 3.8) is 0 Å². The molecule has 0 aliphatic rings. The van der Waals surface area contributed by atoms with Gasteiger partial charge >= 0.3 is 12.1 Å². The molecule has 0 radical (unpaired) electrons. The van der Waals surface area contributed by atoms with Crippen LogP contribution in [0.5, 0.6) is 0 Å². The molecular weight excluding hydrogens is 442 g/mol. The first-order chi connectivity index (χ1) is 15.1. The minimum atomic E-state index is -4.79. The standard InChI is InChI=1S/C20H10F6N4O2/c21-13-7-12(8-14(22)17(13)23)15-4-5-16(31)30(28-15)9-10-2-1-3-11(6-10)18-27-19(32-29-18)20(24,25)26/h1-8H,9H2. The molecule has 0 fully saturated rings. The highest BCUT2D eigenvalue weighted by Crippen LogP contribution is 2.29. The van der Waals surface area contributed by atoms with Gasteiger partial charge in [-0.3, -0.25) is 4.79 Å². The van der Waals surface area contributed by atoms with Crippen LogP contribution >= 0.6 is 0 Å². The average Bonchev–Trinajstić information content (AvgIpc) is 3.24. The van der Waals surface area contributed by atoms with E-state index in [9.17, 15) is 31.1 Å². The molecule has 32 heavy (non-hydrogen) atoms.